The van der Waals surface area contributed by atoms with Crippen LogP contribution in [0.25, 0.3) is 11.4 Å². The van der Waals surface area contributed by atoms with Gasteiger partial charge in [0.25, 0.3) is 0 Å². The number of aromatic nitrogens is 3. The summed E-state index contributed by atoms with van der Waals surface area (Å²) in [7, 11) is 0. The first kappa shape index (κ1) is 15.1. The van der Waals surface area contributed by atoms with E-state index in [1.165, 1.54) is 0 Å². The summed E-state index contributed by atoms with van der Waals surface area (Å²) in [6, 6.07) is 2.97. The van der Waals surface area contributed by atoms with Crippen LogP contribution in [-0.2, 0) is 9.59 Å². The molecule has 1 N–H and O–H groups in total. The van der Waals surface area contributed by atoms with Gasteiger partial charge in [-0.05, 0) is 31.9 Å². The summed E-state index contributed by atoms with van der Waals surface area (Å²) in [5.74, 6) is -0.500. The maximum Gasteiger partial charge on any atom is 0.311 e. The van der Waals surface area contributed by atoms with Crippen molar-refractivity contribution in [3.63, 3.8) is 0 Å². The second kappa shape index (κ2) is 6.55. The quantitative estimate of drug-likeness (QED) is 0.846. The Bertz CT molecular complexity index is 694. The molecule has 1 atom stereocenters. The van der Waals surface area contributed by atoms with Crippen molar-refractivity contribution in [1.82, 2.24) is 25.3 Å². The molecule has 120 valence electrons. The number of carbonyl (C=O) groups excluding carboxylic acids is 2. The predicted octanol–water partition coefficient (Wildman–Crippen LogP) is 0.931. The van der Waals surface area contributed by atoms with Crippen LogP contribution < -0.4 is 5.32 Å². The van der Waals surface area contributed by atoms with Gasteiger partial charge in [-0.15, -0.1) is 0 Å². The lowest BCUT2D eigenvalue weighted by atomic mass is 10.2. The molecule has 3 rings (SSSR count). The number of nitrogens with zero attached hydrogens (tertiary/aromatic N) is 4. The average molecular weight is 315 g/mol. The van der Waals surface area contributed by atoms with Crippen LogP contribution in [0.5, 0.6) is 0 Å². The van der Waals surface area contributed by atoms with Crippen molar-refractivity contribution in [2.45, 2.75) is 25.8 Å². The Kier molecular flexibility index (Phi) is 4.31. The Hall–Kier alpha value is -2.77. The van der Waals surface area contributed by atoms with Crippen LogP contribution in [0.1, 0.15) is 31.7 Å². The highest BCUT2D eigenvalue weighted by Crippen LogP contribution is 2.17. The fraction of sp³-hybridized carbons (Fsp3) is 0.400. The standard InChI is InChI=1S/C15H17N5O3/c1-10(17-13(21)15(22)20-8-2-3-9-20)14-18-12(19-23-14)11-4-6-16-7-5-11/h4-7,10H,2-3,8-9H2,1H3,(H,17,21). The minimum Gasteiger partial charge on any atom is -0.337 e. The summed E-state index contributed by atoms with van der Waals surface area (Å²) in [6.07, 6.45) is 5.14. The van der Waals surface area contributed by atoms with Crippen LogP contribution >= 0.6 is 0 Å². The molecule has 1 aliphatic heterocycles. The Morgan fingerprint density at radius 1 is 1.26 bits per heavy atom. The van der Waals surface area contributed by atoms with E-state index in [1.807, 2.05) is 0 Å². The van der Waals surface area contributed by atoms with Gasteiger partial charge in [-0.1, -0.05) is 5.16 Å². The van der Waals surface area contributed by atoms with E-state index in [0.717, 1.165) is 18.4 Å². The zero-order valence-electron chi connectivity index (χ0n) is 12.7. The summed E-state index contributed by atoms with van der Waals surface area (Å²) in [4.78, 5) is 33.7. The molecule has 0 saturated carbocycles. The zero-order valence-corrected chi connectivity index (χ0v) is 12.7. The van der Waals surface area contributed by atoms with E-state index >= 15 is 0 Å². The van der Waals surface area contributed by atoms with Gasteiger partial charge in [0.1, 0.15) is 6.04 Å². The molecule has 1 aliphatic rings. The molecule has 0 radical (unpaired) electrons. The van der Waals surface area contributed by atoms with Crippen molar-refractivity contribution in [1.29, 1.82) is 0 Å². The number of amides is 2. The Labute approximate surface area is 132 Å². The van der Waals surface area contributed by atoms with E-state index in [2.05, 4.69) is 20.4 Å². The van der Waals surface area contributed by atoms with Crippen LogP contribution in [0.15, 0.2) is 29.0 Å². The van der Waals surface area contributed by atoms with E-state index in [0.29, 0.717) is 18.9 Å². The fourth-order valence-corrected chi connectivity index (χ4v) is 2.41. The maximum atomic E-state index is 12.0. The molecule has 3 heterocycles. The van der Waals surface area contributed by atoms with Gasteiger partial charge in [0, 0.05) is 31.0 Å². The minimum absolute atomic E-state index is 0.249. The van der Waals surface area contributed by atoms with Crippen molar-refractivity contribution in [3.05, 3.63) is 30.4 Å². The number of carbonyl (C=O) groups is 2. The molecule has 2 amide bonds. The molecular weight excluding hydrogens is 298 g/mol. The third-order valence-electron chi connectivity index (χ3n) is 3.69. The SMILES string of the molecule is CC(NC(=O)C(=O)N1CCCC1)c1nc(-c2ccncc2)no1. The molecule has 1 unspecified atom stereocenters. The monoisotopic (exact) mass is 315 g/mol. The number of rotatable bonds is 3. The third-order valence-corrected chi connectivity index (χ3v) is 3.69. The Morgan fingerprint density at radius 3 is 2.65 bits per heavy atom. The van der Waals surface area contributed by atoms with Gasteiger partial charge in [-0.3, -0.25) is 14.6 Å². The highest BCUT2D eigenvalue weighted by atomic mass is 16.5. The highest BCUT2D eigenvalue weighted by Gasteiger charge is 2.27. The van der Waals surface area contributed by atoms with Gasteiger partial charge in [-0.2, -0.15) is 4.98 Å². The lowest BCUT2D eigenvalue weighted by molar-refractivity contribution is -0.145. The number of hydrogen-bond acceptors (Lipinski definition) is 6. The van der Waals surface area contributed by atoms with Crippen molar-refractivity contribution < 1.29 is 14.1 Å². The number of nitrogens with one attached hydrogen (secondary N) is 1. The number of hydrogen-bond donors (Lipinski definition) is 1. The Morgan fingerprint density at radius 2 is 1.96 bits per heavy atom. The largest absolute Gasteiger partial charge is 0.337 e. The maximum absolute atomic E-state index is 12.0. The van der Waals surface area contributed by atoms with Crippen LogP contribution in [0.2, 0.25) is 0 Å². The topological polar surface area (TPSA) is 101 Å². The van der Waals surface area contributed by atoms with E-state index in [9.17, 15) is 9.59 Å². The zero-order chi connectivity index (χ0) is 16.2. The first-order valence-corrected chi connectivity index (χ1v) is 7.49. The smallest absolute Gasteiger partial charge is 0.311 e. The van der Waals surface area contributed by atoms with Crippen LogP contribution in [0.4, 0.5) is 0 Å². The second-order valence-corrected chi connectivity index (χ2v) is 5.39. The number of likely N-dealkylation sites (tertiary alicyclic amines) is 1. The lowest BCUT2D eigenvalue weighted by Gasteiger charge is -2.16. The first-order valence-electron chi connectivity index (χ1n) is 7.49. The molecule has 0 bridgehead atoms. The van der Waals surface area contributed by atoms with Gasteiger partial charge in [0.2, 0.25) is 11.7 Å². The van der Waals surface area contributed by atoms with Gasteiger partial charge in [-0.25, -0.2) is 0 Å². The molecular formula is C15H17N5O3. The molecule has 8 heteroatoms. The van der Waals surface area contributed by atoms with Crippen molar-refractivity contribution in [3.8, 4) is 11.4 Å². The molecule has 0 aliphatic carbocycles. The molecule has 23 heavy (non-hydrogen) atoms. The van der Waals surface area contributed by atoms with E-state index < -0.39 is 17.9 Å². The summed E-state index contributed by atoms with van der Waals surface area (Å²) in [5.41, 5.74) is 0.765. The van der Waals surface area contributed by atoms with E-state index in [4.69, 9.17) is 4.52 Å². The lowest BCUT2D eigenvalue weighted by Crippen LogP contribution is -2.42. The molecule has 1 fully saturated rings. The van der Waals surface area contributed by atoms with Crippen LogP contribution in [-0.4, -0.2) is 44.9 Å². The molecule has 2 aromatic heterocycles. The van der Waals surface area contributed by atoms with Gasteiger partial charge >= 0.3 is 11.8 Å². The molecule has 0 aromatic carbocycles. The second-order valence-electron chi connectivity index (χ2n) is 5.39. The normalized spacial score (nSPS) is 15.4. The van der Waals surface area contributed by atoms with Crippen molar-refractivity contribution in [2.24, 2.45) is 0 Å². The predicted molar refractivity (Wildman–Crippen MR) is 79.9 cm³/mol. The average Bonchev–Trinajstić information content (AvgIpc) is 3.26. The molecule has 2 aromatic rings. The fourth-order valence-electron chi connectivity index (χ4n) is 2.41. The molecule has 0 spiro atoms. The minimum atomic E-state index is -0.650. The summed E-state index contributed by atoms with van der Waals surface area (Å²) in [5, 5.41) is 6.48. The van der Waals surface area contributed by atoms with Crippen LogP contribution in [0.3, 0.4) is 0 Å². The summed E-state index contributed by atoms with van der Waals surface area (Å²) in [6.45, 7) is 2.96. The molecule has 1 saturated heterocycles. The highest BCUT2D eigenvalue weighted by molar-refractivity contribution is 6.35. The Balaban J connectivity index is 1.64. The van der Waals surface area contributed by atoms with Crippen molar-refractivity contribution >= 4 is 11.8 Å². The molecule has 8 nitrogen and oxygen atoms in total. The number of pyridine rings is 1. The van der Waals surface area contributed by atoms with Crippen molar-refractivity contribution in [2.75, 3.05) is 13.1 Å². The van der Waals surface area contributed by atoms with E-state index in [-0.39, 0.29) is 5.89 Å². The first-order chi connectivity index (χ1) is 11.1. The summed E-state index contributed by atoms with van der Waals surface area (Å²) < 4.78 is 5.17. The van der Waals surface area contributed by atoms with Gasteiger partial charge < -0.3 is 14.7 Å². The van der Waals surface area contributed by atoms with E-state index in [1.54, 1.807) is 36.4 Å². The third kappa shape index (κ3) is 3.36. The van der Waals surface area contributed by atoms with Gasteiger partial charge in [0.15, 0.2) is 0 Å². The summed E-state index contributed by atoms with van der Waals surface area (Å²) >= 11 is 0. The van der Waals surface area contributed by atoms with Gasteiger partial charge in [0.05, 0.1) is 0 Å². The van der Waals surface area contributed by atoms with Crippen LogP contribution in [0, 0.1) is 0 Å².